The molecule has 2 fully saturated rings. The van der Waals surface area contributed by atoms with Gasteiger partial charge in [-0.3, -0.25) is 0 Å². The van der Waals surface area contributed by atoms with Crippen LogP contribution in [0.25, 0.3) is 33.8 Å². The number of rotatable bonds is 6. The van der Waals surface area contributed by atoms with Crippen LogP contribution in [0.1, 0.15) is 77.9 Å². The van der Waals surface area contributed by atoms with Crippen molar-refractivity contribution in [2.45, 2.75) is 62.3 Å². The quantitative estimate of drug-likeness (QED) is 0.251. The molecular formula is C35H36N2O5S. The largest absolute Gasteiger partial charge is 0.497 e. The van der Waals surface area contributed by atoms with E-state index in [1.54, 1.807) is 35.7 Å². The summed E-state index contributed by atoms with van der Waals surface area (Å²) < 4.78 is 37.3. The van der Waals surface area contributed by atoms with Gasteiger partial charge in [0.15, 0.2) is 0 Å². The average Bonchev–Trinajstić information content (AvgIpc) is 3.65. The van der Waals surface area contributed by atoms with Crippen molar-refractivity contribution in [2.24, 2.45) is 0 Å². The number of fused-ring (bicyclic) bond motifs is 5. The van der Waals surface area contributed by atoms with Crippen LogP contribution in [-0.4, -0.2) is 48.6 Å². The zero-order chi connectivity index (χ0) is 29.7. The number of carboxylic acids is 1. The molecule has 8 heteroatoms. The molecule has 2 aliphatic heterocycles. The molecule has 43 heavy (non-hydrogen) atoms. The second-order valence-corrected chi connectivity index (χ2v) is 13.9. The maximum Gasteiger partial charge on any atom is 0.335 e. The number of methoxy groups -OCH3 is 1. The van der Waals surface area contributed by atoms with Crippen LogP contribution >= 0.6 is 0 Å². The Morgan fingerprint density at radius 3 is 2.42 bits per heavy atom. The molecule has 0 amide bonds. The van der Waals surface area contributed by atoms with Gasteiger partial charge in [-0.2, -0.15) is 4.31 Å². The van der Waals surface area contributed by atoms with Gasteiger partial charge >= 0.3 is 5.97 Å². The predicted octanol–water partition coefficient (Wildman–Crippen LogP) is 7.40. The molecule has 1 aliphatic carbocycles. The van der Waals surface area contributed by atoms with Gasteiger partial charge in [-0.05, 0) is 96.3 Å². The van der Waals surface area contributed by atoms with Crippen LogP contribution in [0.15, 0.2) is 65.6 Å². The fourth-order valence-corrected chi connectivity index (χ4v) is 9.11. The molecule has 7 nitrogen and oxygen atoms in total. The van der Waals surface area contributed by atoms with Crippen LogP contribution < -0.4 is 4.74 Å². The van der Waals surface area contributed by atoms with Gasteiger partial charge in [-0.15, -0.1) is 0 Å². The van der Waals surface area contributed by atoms with Crippen molar-refractivity contribution >= 4 is 38.5 Å². The molecule has 7 rings (SSSR count). The van der Waals surface area contributed by atoms with Gasteiger partial charge < -0.3 is 14.4 Å². The standard InChI is InChI=1S/C35H36N2O5S/c1-42-27-14-16-29-25(20-27)19-26(28-11-5-6-12-32(28)43(40,41)36-17-7-8-18-36)22-37-31-21-24(35(38)39)13-15-30(31)33(34(29)37)23-9-3-2-4-10-23/h5-6,11-16,19-21,23H,2-4,7-10,17-18,22H2,1H3,(H,38,39). The second-order valence-electron chi connectivity index (χ2n) is 12.0. The first-order chi connectivity index (χ1) is 20.9. The third kappa shape index (κ3) is 4.77. The van der Waals surface area contributed by atoms with E-state index in [1.807, 2.05) is 30.3 Å². The van der Waals surface area contributed by atoms with E-state index >= 15 is 0 Å². The summed E-state index contributed by atoms with van der Waals surface area (Å²) in [6.45, 7) is 1.47. The first kappa shape index (κ1) is 27.9. The van der Waals surface area contributed by atoms with Gasteiger partial charge in [0.1, 0.15) is 5.75 Å². The van der Waals surface area contributed by atoms with Crippen molar-refractivity contribution in [2.75, 3.05) is 20.2 Å². The molecule has 0 unspecified atom stereocenters. The SMILES string of the molecule is COc1ccc2c(c1)C=C(c1ccccc1S(=O)(=O)N1CCCC1)Cn1c-2c(C2CCCCC2)c2ccc(C(=O)O)cc21. The zero-order valence-corrected chi connectivity index (χ0v) is 25.2. The highest BCUT2D eigenvalue weighted by molar-refractivity contribution is 7.89. The van der Waals surface area contributed by atoms with E-state index in [2.05, 4.69) is 16.7 Å². The van der Waals surface area contributed by atoms with Gasteiger partial charge in [0.25, 0.3) is 0 Å². The van der Waals surface area contributed by atoms with E-state index < -0.39 is 16.0 Å². The van der Waals surface area contributed by atoms with Crippen LogP contribution in [-0.2, 0) is 16.6 Å². The van der Waals surface area contributed by atoms with Crippen molar-refractivity contribution in [3.8, 4) is 17.0 Å². The molecule has 3 aliphatic rings. The Bertz CT molecular complexity index is 1880. The number of sulfonamides is 1. The van der Waals surface area contributed by atoms with E-state index in [0.29, 0.717) is 36.0 Å². The van der Waals surface area contributed by atoms with Gasteiger partial charge in [0.2, 0.25) is 10.0 Å². The highest BCUT2D eigenvalue weighted by Crippen LogP contribution is 2.48. The Balaban J connectivity index is 1.51. The summed E-state index contributed by atoms with van der Waals surface area (Å²) in [6, 6.07) is 18.8. The lowest BCUT2D eigenvalue weighted by atomic mass is 9.81. The number of hydrogen-bond donors (Lipinski definition) is 1. The first-order valence-corrected chi connectivity index (χ1v) is 16.7. The third-order valence-electron chi connectivity index (χ3n) is 9.45. The summed E-state index contributed by atoms with van der Waals surface area (Å²) in [6.07, 6.45) is 9.59. The highest BCUT2D eigenvalue weighted by Gasteiger charge is 2.33. The minimum atomic E-state index is -3.69. The summed E-state index contributed by atoms with van der Waals surface area (Å²) in [5.74, 6) is 0.125. The van der Waals surface area contributed by atoms with Crippen LogP contribution in [0.2, 0.25) is 0 Å². The fraction of sp³-hybridized carbons (Fsp3) is 0.343. The van der Waals surface area contributed by atoms with Gasteiger partial charge in [0.05, 0.1) is 23.3 Å². The smallest absolute Gasteiger partial charge is 0.335 e. The van der Waals surface area contributed by atoms with Gasteiger partial charge in [-0.25, -0.2) is 13.2 Å². The van der Waals surface area contributed by atoms with Crippen LogP contribution in [0.5, 0.6) is 5.75 Å². The Hall–Kier alpha value is -3.88. The lowest BCUT2D eigenvalue weighted by molar-refractivity contribution is 0.0697. The van der Waals surface area contributed by atoms with Crippen LogP contribution in [0, 0.1) is 0 Å². The van der Waals surface area contributed by atoms with Crippen LogP contribution in [0.4, 0.5) is 0 Å². The van der Waals surface area contributed by atoms with Gasteiger partial charge in [-0.1, -0.05) is 43.5 Å². The van der Waals surface area contributed by atoms with E-state index in [1.165, 1.54) is 24.8 Å². The number of aromatic carboxylic acids is 1. The third-order valence-corrected chi connectivity index (χ3v) is 11.4. The van der Waals surface area contributed by atoms with Crippen LogP contribution in [0.3, 0.4) is 0 Å². The van der Waals surface area contributed by atoms with Crippen molar-refractivity contribution in [1.29, 1.82) is 0 Å². The van der Waals surface area contributed by atoms with E-state index in [-0.39, 0.29) is 5.56 Å². The molecule has 0 radical (unpaired) electrons. The Labute approximate surface area is 252 Å². The van der Waals surface area contributed by atoms with Crippen molar-refractivity contribution in [1.82, 2.24) is 8.87 Å². The number of ether oxygens (including phenoxy) is 1. The zero-order valence-electron chi connectivity index (χ0n) is 24.4. The first-order valence-electron chi connectivity index (χ1n) is 15.2. The van der Waals surface area contributed by atoms with Crippen molar-refractivity contribution in [3.05, 3.63) is 82.9 Å². The second kappa shape index (κ2) is 11.0. The maximum absolute atomic E-state index is 13.9. The number of allylic oxidation sites excluding steroid dienone is 1. The molecule has 0 atom stereocenters. The Morgan fingerprint density at radius 1 is 0.907 bits per heavy atom. The number of aromatic nitrogens is 1. The molecule has 0 bridgehead atoms. The van der Waals surface area contributed by atoms with Gasteiger partial charge in [0, 0.05) is 36.1 Å². The molecule has 1 saturated carbocycles. The monoisotopic (exact) mass is 596 g/mol. The lowest BCUT2D eigenvalue weighted by Crippen LogP contribution is -2.28. The Morgan fingerprint density at radius 2 is 1.67 bits per heavy atom. The molecule has 222 valence electrons. The van der Waals surface area contributed by atoms with E-state index in [4.69, 9.17) is 4.74 Å². The molecule has 3 aromatic carbocycles. The molecule has 1 saturated heterocycles. The summed E-state index contributed by atoms with van der Waals surface area (Å²) in [5, 5.41) is 11.0. The van der Waals surface area contributed by atoms with E-state index in [0.717, 1.165) is 64.7 Å². The number of benzene rings is 3. The predicted molar refractivity (Wildman–Crippen MR) is 169 cm³/mol. The number of carboxylic acid groups (broad SMARTS) is 1. The summed E-state index contributed by atoms with van der Waals surface area (Å²) in [5.41, 5.74) is 7.00. The minimum absolute atomic E-state index is 0.240. The topological polar surface area (TPSA) is 88.8 Å². The average molecular weight is 597 g/mol. The molecule has 1 aromatic heterocycles. The number of hydrogen-bond acceptors (Lipinski definition) is 4. The Kier molecular flexibility index (Phi) is 7.14. The summed E-state index contributed by atoms with van der Waals surface area (Å²) in [7, 11) is -2.04. The number of carbonyl (C=O) groups is 1. The normalized spacial score (nSPS) is 17.7. The molecule has 3 heterocycles. The summed E-state index contributed by atoms with van der Waals surface area (Å²) >= 11 is 0. The lowest BCUT2D eigenvalue weighted by Gasteiger charge is -2.24. The van der Waals surface area contributed by atoms with Crippen molar-refractivity contribution < 1.29 is 23.1 Å². The highest BCUT2D eigenvalue weighted by atomic mass is 32.2. The maximum atomic E-state index is 13.9. The minimum Gasteiger partial charge on any atom is -0.497 e. The van der Waals surface area contributed by atoms with E-state index in [9.17, 15) is 18.3 Å². The summed E-state index contributed by atoms with van der Waals surface area (Å²) in [4.78, 5) is 12.4. The molecule has 1 N–H and O–H groups in total. The molecule has 4 aromatic rings. The molecular weight excluding hydrogens is 560 g/mol. The fourth-order valence-electron chi connectivity index (χ4n) is 7.36. The number of nitrogens with zero attached hydrogens (tertiary/aromatic N) is 2. The molecule has 0 spiro atoms. The van der Waals surface area contributed by atoms with Crippen molar-refractivity contribution in [3.63, 3.8) is 0 Å².